The summed E-state index contributed by atoms with van der Waals surface area (Å²) in [5, 5.41) is 15.9. The van der Waals surface area contributed by atoms with E-state index in [-0.39, 0.29) is 5.69 Å². The Bertz CT molecular complexity index is 722. The van der Waals surface area contributed by atoms with Crippen molar-refractivity contribution >= 4 is 51.9 Å². The maximum atomic E-state index is 10.6. The lowest BCUT2D eigenvalue weighted by Gasteiger charge is -2.08. The minimum absolute atomic E-state index is 0.0216. The van der Waals surface area contributed by atoms with Crippen LogP contribution in [0.5, 0.6) is 0 Å². The van der Waals surface area contributed by atoms with Crippen LogP contribution in [0.4, 0.5) is 11.4 Å². The van der Waals surface area contributed by atoms with Crippen molar-refractivity contribution in [2.75, 3.05) is 5.43 Å². The number of anilines is 1. The molecule has 0 spiro atoms. The molecule has 1 N–H and O–H groups in total. The second kappa shape index (κ2) is 6.96. The molecule has 0 saturated carbocycles. The Labute approximate surface area is 141 Å². The standard InChI is InChI=1S/C14H10Cl3N3O2/c1-8(9-2-4-11(5-3-9)20(21)22)18-19-14-12(16)6-10(15)7-13(14)17/h2-7,19H,1H3/b18-8-. The van der Waals surface area contributed by atoms with Crippen LogP contribution in [0.3, 0.4) is 0 Å². The molecule has 22 heavy (non-hydrogen) atoms. The molecule has 0 saturated heterocycles. The Morgan fingerprint density at radius 1 is 1.14 bits per heavy atom. The van der Waals surface area contributed by atoms with E-state index in [1.54, 1.807) is 31.2 Å². The minimum atomic E-state index is -0.457. The number of halogens is 3. The Kier molecular flexibility index (Phi) is 5.24. The van der Waals surface area contributed by atoms with Crippen LogP contribution in [0.2, 0.25) is 15.1 Å². The topological polar surface area (TPSA) is 67.5 Å². The van der Waals surface area contributed by atoms with Crippen molar-refractivity contribution in [3.05, 3.63) is 67.1 Å². The van der Waals surface area contributed by atoms with Crippen LogP contribution in [0.25, 0.3) is 0 Å². The molecule has 2 aromatic rings. The van der Waals surface area contributed by atoms with E-state index >= 15 is 0 Å². The van der Waals surface area contributed by atoms with Gasteiger partial charge in [-0.15, -0.1) is 0 Å². The normalized spacial score (nSPS) is 11.4. The summed E-state index contributed by atoms with van der Waals surface area (Å²) in [4.78, 5) is 10.2. The molecular weight excluding hydrogens is 349 g/mol. The zero-order valence-electron chi connectivity index (χ0n) is 11.3. The highest BCUT2D eigenvalue weighted by Crippen LogP contribution is 2.33. The summed E-state index contributed by atoms with van der Waals surface area (Å²) in [5.74, 6) is 0. The molecule has 0 aliphatic rings. The van der Waals surface area contributed by atoms with E-state index in [1.165, 1.54) is 12.1 Å². The van der Waals surface area contributed by atoms with E-state index in [2.05, 4.69) is 10.5 Å². The van der Waals surface area contributed by atoms with Crippen molar-refractivity contribution in [1.29, 1.82) is 0 Å². The number of hydrazone groups is 1. The first-order valence-corrected chi connectivity index (χ1v) is 7.21. The predicted molar refractivity (Wildman–Crippen MR) is 90.4 cm³/mol. The highest BCUT2D eigenvalue weighted by molar-refractivity contribution is 6.41. The van der Waals surface area contributed by atoms with Crippen molar-refractivity contribution in [3.63, 3.8) is 0 Å². The van der Waals surface area contributed by atoms with Crippen LogP contribution < -0.4 is 5.43 Å². The summed E-state index contributed by atoms with van der Waals surface area (Å²) in [6.07, 6.45) is 0. The second-order valence-electron chi connectivity index (χ2n) is 4.36. The van der Waals surface area contributed by atoms with Crippen LogP contribution in [0.1, 0.15) is 12.5 Å². The molecule has 2 aromatic carbocycles. The van der Waals surface area contributed by atoms with Gasteiger partial charge in [0.05, 0.1) is 26.4 Å². The van der Waals surface area contributed by atoms with Crippen molar-refractivity contribution in [3.8, 4) is 0 Å². The van der Waals surface area contributed by atoms with Gasteiger partial charge < -0.3 is 0 Å². The Morgan fingerprint density at radius 2 is 1.68 bits per heavy atom. The summed E-state index contributed by atoms with van der Waals surface area (Å²) < 4.78 is 0. The SMILES string of the molecule is C/C(=N/Nc1c(Cl)cc(Cl)cc1Cl)c1ccc([N+](=O)[O-])cc1. The smallest absolute Gasteiger partial charge is 0.269 e. The fourth-order valence-corrected chi connectivity index (χ4v) is 2.58. The van der Waals surface area contributed by atoms with Crippen LogP contribution in [0, 0.1) is 10.1 Å². The van der Waals surface area contributed by atoms with Gasteiger partial charge in [-0.05, 0) is 36.8 Å². The van der Waals surface area contributed by atoms with Crippen LogP contribution in [-0.4, -0.2) is 10.6 Å². The number of nitro benzene ring substituents is 1. The maximum absolute atomic E-state index is 10.6. The van der Waals surface area contributed by atoms with E-state index in [0.29, 0.717) is 26.5 Å². The van der Waals surface area contributed by atoms with Crippen molar-refractivity contribution in [2.45, 2.75) is 6.92 Å². The lowest BCUT2D eigenvalue weighted by Crippen LogP contribution is -2.01. The number of hydrogen-bond donors (Lipinski definition) is 1. The number of non-ortho nitro benzene ring substituents is 1. The Balaban J connectivity index is 2.21. The lowest BCUT2D eigenvalue weighted by molar-refractivity contribution is -0.384. The molecule has 114 valence electrons. The average Bonchev–Trinajstić information content (AvgIpc) is 2.46. The third-order valence-electron chi connectivity index (χ3n) is 2.84. The molecule has 0 aliphatic carbocycles. The summed E-state index contributed by atoms with van der Waals surface area (Å²) in [7, 11) is 0. The maximum Gasteiger partial charge on any atom is 0.269 e. The van der Waals surface area contributed by atoms with E-state index in [0.717, 1.165) is 5.56 Å². The summed E-state index contributed by atoms with van der Waals surface area (Å²) in [6.45, 7) is 1.76. The minimum Gasteiger partial charge on any atom is -0.275 e. The Morgan fingerprint density at radius 3 is 2.18 bits per heavy atom. The van der Waals surface area contributed by atoms with Crippen LogP contribution in [0.15, 0.2) is 41.5 Å². The van der Waals surface area contributed by atoms with Gasteiger partial charge in [0, 0.05) is 17.2 Å². The molecule has 0 heterocycles. The van der Waals surface area contributed by atoms with Crippen molar-refractivity contribution in [2.24, 2.45) is 5.10 Å². The second-order valence-corrected chi connectivity index (χ2v) is 5.61. The first-order valence-electron chi connectivity index (χ1n) is 6.08. The fraction of sp³-hybridized carbons (Fsp3) is 0.0714. The van der Waals surface area contributed by atoms with Gasteiger partial charge in [-0.25, -0.2) is 0 Å². The highest BCUT2D eigenvalue weighted by atomic mass is 35.5. The van der Waals surface area contributed by atoms with Gasteiger partial charge in [0.15, 0.2) is 0 Å². The monoisotopic (exact) mass is 357 g/mol. The first-order chi connectivity index (χ1) is 10.4. The van der Waals surface area contributed by atoms with Gasteiger partial charge in [-0.1, -0.05) is 34.8 Å². The van der Waals surface area contributed by atoms with Gasteiger partial charge in [-0.3, -0.25) is 15.5 Å². The fourth-order valence-electron chi connectivity index (χ4n) is 1.68. The predicted octanol–water partition coefficient (Wildman–Crippen LogP) is 5.39. The molecule has 8 heteroatoms. The lowest BCUT2D eigenvalue weighted by atomic mass is 10.1. The molecule has 0 unspecified atom stereocenters. The summed E-state index contributed by atoms with van der Waals surface area (Å²) in [5.41, 5.74) is 4.59. The third-order valence-corrected chi connectivity index (χ3v) is 3.65. The molecule has 0 bridgehead atoms. The molecule has 0 fully saturated rings. The molecule has 5 nitrogen and oxygen atoms in total. The quantitative estimate of drug-likeness (QED) is 0.452. The van der Waals surface area contributed by atoms with E-state index in [9.17, 15) is 10.1 Å². The number of hydrogen-bond acceptors (Lipinski definition) is 4. The molecule has 0 radical (unpaired) electrons. The van der Waals surface area contributed by atoms with Gasteiger partial charge >= 0.3 is 0 Å². The van der Waals surface area contributed by atoms with Crippen LogP contribution >= 0.6 is 34.8 Å². The Hall–Kier alpha value is -1.82. The zero-order valence-corrected chi connectivity index (χ0v) is 13.6. The van der Waals surface area contributed by atoms with Gasteiger partial charge in [0.2, 0.25) is 0 Å². The van der Waals surface area contributed by atoms with E-state index in [1.807, 2.05) is 0 Å². The number of benzene rings is 2. The average molecular weight is 359 g/mol. The number of nitrogens with one attached hydrogen (secondary N) is 1. The molecule has 0 aliphatic heterocycles. The number of rotatable bonds is 4. The highest BCUT2D eigenvalue weighted by Gasteiger charge is 2.08. The molecule has 0 aromatic heterocycles. The first kappa shape index (κ1) is 16.5. The zero-order chi connectivity index (χ0) is 16.3. The largest absolute Gasteiger partial charge is 0.275 e. The number of nitrogens with zero attached hydrogens (tertiary/aromatic N) is 2. The molecular formula is C14H10Cl3N3O2. The third kappa shape index (κ3) is 3.88. The number of nitro groups is 1. The van der Waals surface area contributed by atoms with Crippen LogP contribution in [-0.2, 0) is 0 Å². The van der Waals surface area contributed by atoms with Crippen molar-refractivity contribution in [1.82, 2.24) is 0 Å². The van der Waals surface area contributed by atoms with Gasteiger partial charge in [0.1, 0.15) is 0 Å². The van der Waals surface area contributed by atoms with E-state index < -0.39 is 4.92 Å². The summed E-state index contributed by atoms with van der Waals surface area (Å²) >= 11 is 17.9. The van der Waals surface area contributed by atoms with Crippen molar-refractivity contribution < 1.29 is 4.92 Å². The summed E-state index contributed by atoms with van der Waals surface area (Å²) in [6, 6.07) is 9.16. The van der Waals surface area contributed by atoms with Gasteiger partial charge in [-0.2, -0.15) is 5.10 Å². The molecule has 2 rings (SSSR count). The van der Waals surface area contributed by atoms with E-state index in [4.69, 9.17) is 34.8 Å². The molecule has 0 atom stereocenters. The molecule has 0 amide bonds. The van der Waals surface area contributed by atoms with Gasteiger partial charge in [0.25, 0.3) is 5.69 Å².